The number of carbonyl (C=O) groups excluding carboxylic acids is 1. The highest BCUT2D eigenvalue weighted by molar-refractivity contribution is 6.00. The Morgan fingerprint density at radius 2 is 2.00 bits per heavy atom. The predicted molar refractivity (Wildman–Crippen MR) is 59.6 cm³/mol. The van der Waals surface area contributed by atoms with Crippen LogP contribution < -0.4 is 4.90 Å². The maximum Gasteiger partial charge on any atom is 0.162 e. The topological polar surface area (TPSA) is 40.5 Å². The van der Waals surface area contributed by atoms with Crippen molar-refractivity contribution in [1.29, 1.82) is 0 Å². The molecule has 1 saturated heterocycles. The molecule has 80 valence electrons. The fourth-order valence-electron chi connectivity index (χ4n) is 2.04. The number of aromatic hydroxyl groups is 1. The molecule has 1 N–H and O–H groups in total. The highest BCUT2D eigenvalue weighted by Crippen LogP contribution is 2.27. The number of rotatable bonds is 2. The van der Waals surface area contributed by atoms with Crippen molar-refractivity contribution < 1.29 is 9.90 Å². The third-order valence-electron chi connectivity index (χ3n) is 2.81. The summed E-state index contributed by atoms with van der Waals surface area (Å²) in [7, 11) is 0. The standard InChI is InChI=1S/C12H15NO2/c1-9(14)11-8-10(15)4-5-12(11)13-6-2-3-7-13/h4-5,8,15H,2-3,6-7H2,1H3. The average molecular weight is 205 g/mol. The Bertz CT molecular complexity index is 381. The summed E-state index contributed by atoms with van der Waals surface area (Å²) in [6.07, 6.45) is 2.36. The molecule has 3 nitrogen and oxygen atoms in total. The molecule has 15 heavy (non-hydrogen) atoms. The van der Waals surface area contributed by atoms with E-state index in [9.17, 15) is 9.90 Å². The summed E-state index contributed by atoms with van der Waals surface area (Å²) in [4.78, 5) is 13.6. The lowest BCUT2D eigenvalue weighted by atomic mass is 10.1. The van der Waals surface area contributed by atoms with Gasteiger partial charge in [-0.05, 0) is 38.0 Å². The molecule has 0 aliphatic carbocycles. The molecule has 1 aromatic rings. The first-order valence-electron chi connectivity index (χ1n) is 5.27. The Kier molecular flexibility index (Phi) is 2.62. The van der Waals surface area contributed by atoms with Crippen LogP contribution in [0.15, 0.2) is 18.2 Å². The SMILES string of the molecule is CC(=O)c1cc(O)ccc1N1CCCC1. The maximum absolute atomic E-state index is 11.4. The van der Waals surface area contributed by atoms with E-state index in [1.807, 2.05) is 6.07 Å². The van der Waals surface area contributed by atoms with E-state index in [1.165, 1.54) is 19.8 Å². The zero-order valence-corrected chi connectivity index (χ0v) is 8.86. The van der Waals surface area contributed by atoms with Gasteiger partial charge in [0.05, 0.1) is 0 Å². The van der Waals surface area contributed by atoms with Crippen molar-refractivity contribution in [2.45, 2.75) is 19.8 Å². The summed E-state index contributed by atoms with van der Waals surface area (Å²) in [6.45, 7) is 3.55. The summed E-state index contributed by atoms with van der Waals surface area (Å²) >= 11 is 0. The van der Waals surface area contributed by atoms with Gasteiger partial charge >= 0.3 is 0 Å². The van der Waals surface area contributed by atoms with Crippen LogP contribution in [0, 0.1) is 0 Å². The third-order valence-corrected chi connectivity index (χ3v) is 2.81. The quantitative estimate of drug-likeness (QED) is 0.752. The summed E-state index contributed by atoms with van der Waals surface area (Å²) in [5.41, 5.74) is 1.58. The Morgan fingerprint density at radius 3 is 2.60 bits per heavy atom. The first kappa shape index (κ1) is 10.0. The molecule has 0 saturated carbocycles. The van der Waals surface area contributed by atoms with Crippen LogP contribution in [-0.2, 0) is 0 Å². The third kappa shape index (κ3) is 1.96. The second-order valence-electron chi connectivity index (χ2n) is 3.95. The molecule has 0 spiro atoms. The van der Waals surface area contributed by atoms with Crippen molar-refractivity contribution in [3.63, 3.8) is 0 Å². The van der Waals surface area contributed by atoms with Crippen molar-refractivity contribution in [3.05, 3.63) is 23.8 Å². The maximum atomic E-state index is 11.4. The lowest BCUT2D eigenvalue weighted by molar-refractivity contribution is 0.101. The zero-order valence-electron chi connectivity index (χ0n) is 8.86. The second kappa shape index (κ2) is 3.93. The number of phenolic OH excluding ortho intramolecular Hbond substituents is 1. The van der Waals surface area contributed by atoms with Crippen LogP contribution in [0.3, 0.4) is 0 Å². The Labute approximate surface area is 89.3 Å². The Morgan fingerprint density at radius 1 is 1.33 bits per heavy atom. The van der Waals surface area contributed by atoms with Gasteiger partial charge in [0.1, 0.15) is 5.75 Å². The Balaban J connectivity index is 2.40. The van der Waals surface area contributed by atoms with Gasteiger partial charge in [0.25, 0.3) is 0 Å². The first-order valence-corrected chi connectivity index (χ1v) is 5.27. The van der Waals surface area contributed by atoms with Crippen molar-refractivity contribution >= 4 is 11.5 Å². The number of Topliss-reactive ketones (excluding diaryl/α,β-unsaturated/α-hetero) is 1. The van der Waals surface area contributed by atoms with Crippen LogP contribution >= 0.6 is 0 Å². The van der Waals surface area contributed by atoms with E-state index < -0.39 is 0 Å². The smallest absolute Gasteiger partial charge is 0.162 e. The van der Waals surface area contributed by atoms with Gasteiger partial charge in [-0.25, -0.2) is 0 Å². The van der Waals surface area contributed by atoms with E-state index >= 15 is 0 Å². The lowest BCUT2D eigenvalue weighted by Gasteiger charge is -2.20. The van der Waals surface area contributed by atoms with Crippen molar-refractivity contribution in [1.82, 2.24) is 0 Å². The molecule has 1 aliphatic heterocycles. The minimum Gasteiger partial charge on any atom is -0.508 e. The van der Waals surface area contributed by atoms with Gasteiger partial charge in [0.2, 0.25) is 0 Å². The summed E-state index contributed by atoms with van der Waals surface area (Å²) in [5, 5.41) is 9.36. The van der Waals surface area contributed by atoms with Crippen LogP contribution in [0.25, 0.3) is 0 Å². The molecule has 0 unspecified atom stereocenters. The molecule has 0 radical (unpaired) electrons. The van der Waals surface area contributed by atoms with Gasteiger partial charge in [-0.2, -0.15) is 0 Å². The predicted octanol–water partition coefficient (Wildman–Crippen LogP) is 2.20. The monoisotopic (exact) mass is 205 g/mol. The number of benzene rings is 1. The fraction of sp³-hybridized carbons (Fsp3) is 0.417. The van der Waals surface area contributed by atoms with E-state index in [2.05, 4.69) is 4.90 Å². The minimum absolute atomic E-state index is 0.00722. The van der Waals surface area contributed by atoms with Gasteiger partial charge in [-0.15, -0.1) is 0 Å². The van der Waals surface area contributed by atoms with E-state index in [4.69, 9.17) is 0 Å². The van der Waals surface area contributed by atoms with Crippen molar-refractivity contribution in [2.24, 2.45) is 0 Å². The molecule has 1 heterocycles. The molecule has 1 fully saturated rings. The number of ketones is 1. The molecule has 0 atom stereocenters. The number of hydrogen-bond donors (Lipinski definition) is 1. The summed E-state index contributed by atoms with van der Waals surface area (Å²) < 4.78 is 0. The molecular formula is C12H15NO2. The molecule has 0 amide bonds. The van der Waals surface area contributed by atoms with Crippen LogP contribution in [0.4, 0.5) is 5.69 Å². The van der Waals surface area contributed by atoms with Crippen molar-refractivity contribution in [3.8, 4) is 5.75 Å². The van der Waals surface area contributed by atoms with E-state index in [1.54, 1.807) is 12.1 Å². The highest BCUT2D eigenvalue weighted by atomic mass is 16.3. The fourth-order valence-corrected chi connectivity index (χ4v) is 2.04. The van der Waals surface area contributed by atoms with E-state index in [0.29, 0.717) is 5.56 Å². The van der Waals surface area contributed by atoms with Crippen molar-refractivity contribution in [2.75, 3.05) is 18.0 Å². The molecule has 0 bridgehead atoms. The van der Waals surface area contributed by atoms with Gasteiger partial charge in [0, 0.05) is 24.3 Å². The van der Waals surface area contributed by atoms with Gasteiger partial charge < -0.3 is 10.0 Å². The Hall–Kier alpha value is -1.51. The number of hydrogen-bond acceptors (Lipinski definition) is 3. The highest BCUT2D eigenvalue weighted by Gasteiger charge is 2.17. The molecule has 3 heteroatoms. The van der Waals surface area contributed by atoms with Gasteiger partial charge in [-0.1, -0.05) is 0 Å². The van der Waals surface area contributed by atoms with Gasteiger partial charge in [-0.3, -0.25) is 4.79 Å². The average Bonchev–Trinajstić information content (AvgIpc) is 2.70. The largest absolute Gasteiger partial charge is 0.508 e. The van der Waals surface area contributed by atoms with Gasteiger partial charge in [0.15, 0.2) is 5.78 Å². The summed E-state index contributed by atoms with van der Waals surface area (Å²) in [5.74, 6) is 0.163. The van der Waals surface area contributed by atoms with Crippen LogP contribution in [0.5, 0.6) is 5.75 Å². The normalized spacial score (nSPS) is 15.7. The summed E-state index contributed by atoms with van der Waals surface area (Å²) in [6, 6.07) is 5.02. The van der Waals surface area contributed by atoms with E-state index in [0.717, 1.165) is 18.8 Å². The molecule has 1 aliphatic rings. The zero-order chi connectivity index (χ0) is 10.8. The van der Waals surface area contributed by atoms with Crippen LogP contribution in [-0.4, -0.2) is 24.0 Å². The number of nitrogens with zero attached hydrogens (tertiary/aromatic N) is 1. The number of carbonyl (C=O) groups is 1. The molecule has 2 rings (SSSR count). The van der Waals surface area contributed by atoms with Crippen LogP contribution in [0.2, 0.25) is 0 Å². The van der Waals surface area contributed by atoms with Crippen LogP contribution in [0.1, 0.15) is 30.1 Å². The second-order valence-corrected chi connectivity index (χ2v) is 3.95. The number of anilines is 1. The van der Waals surface area contributed by atoms with E-state index in [-0.39, 0.29) is 11.5 Å². The molecule has 1 aromatic carbocycles. The molecule has 0 aromatic heterocycles. The molecular weight excluding hydrogens is 190 g/mol. The first-order chi connectivity index (χ1) is 7.18. The number of phenols is 1. The minimum atomic E-state index is 0.00722. The lowest BCUT2D eigenvalue weighted by Crippen LogP contribution is -2.20.